The van der Waals surface area contributed by atoms with Gasteiger partial charge in [-0.15, -0.1) is 0 Å². The van der Waals surface area contributed by atoms with Crippen LogP contribution in [-0.4, -0.2) is 30.1 Å². The summed E-state index contributed by atoms with van der Waals surface area (Å²) in [6.45, 7) is 4.98. The van der Waals surface area contributed by atoms with Crippen molar-refractivity contribution >= 4 is 45.2 Å². The maximum absolute atomic E-state index is 12.0. The number of benzene rings is 1. The summed E-state index contributed by atoms with van der Waals surface area (Å²) in [5.41, 5.74) is 0.425. The summed E-state index contributed by atoms with van der Waals surface area (Å²) in [6.07, 6.45) is -0.666. The van der Waals surface area contributed by atoms with E-state index in [2.05, 4.69) is 31.9 Å². The Kier molecular flexibility index (Phi) is 6.62. The molecular weight excluding hydrogens is 418 g/mol. The average molecular weight is 438 g/mol. The molecule has 0 bridgehead atoms. The molecule has 0 aliphatic heterocycles. The van der Waals surface area contributed by atoms with Crippen LogP contribution in [0.1, 0.15) is 31.3 Å². The number of carbonyl (C=O) groups excluding carboxylic acids is 3. The highest BCUT2D eigenvalue weighted by Gasteiger charge is 2.16. The van der Waals surface area contributed by atoms with Crippen LogP contribution in [0, 0.1) is 0 Å². The van der Waals surface area contributed by atoms with Crippen LogP contribution in [0.15, 0.2) is 45.5 Å². The van der Waals surface area contributed by atoms with E-state index in [1.165, 1.54) is 0 Å². The number of halogens is 1. The molecule has 0 saturated heterocycles. The lowest BCUT2D eigenvalue weighted by Gasteiger charge is -2.19. The zero-order valence-corrected chi connectivity index (χ0v) is 16.7. The Morgan fingerprint density at radius 3 is 2.11 bits per heavy atom. The van der Waals surface area contributed by atoms with E-state index in [9.17, 15) is 14.4 Å². The maximum Gasteiger partial charge on any atom is 0.408 e. The summed E-state index contributed by atoms with van der Waals surface area (Å²) in [6, 6.07) is 9.68. The van der Waals surface area contributed by atoms with Crippen LogP contribution >= 0.6 is 15.9 Å². The van der Waals surface area contributed by atoms with E-state index in [1.54, 1.807) is 57.2 Å². The van der Waals surface area contributed by atoms with E-state index in [0.717, 1.165) is 0 Å². The molecule has 0 spiro atoms. The van der Waals surface area contributed by atoms with Crippen LogP contribution in [0.25, 0.3) is 0 Å². The second kappa shape index (κ2) is 8.72. The van der Waals surface area contributed by atoms with E-state index >= 15 is 0 Å². The van der Waals surface area contributed by atoms with Crippen molar-refractivity contribution in [3.8, 4) is 0 Å². The van der Waals surface area contributed by atoms with Crippen LogP contribution in [0.3, 0.4) is 0 Å². The zero-order valence-electron chi connectivity index (χ0n) is 15.1. The van der Waals surface area contributed by atoms with Crippen LogP contribution in [-0.2, 0) is 9.53 Å². The first-order valence-corrected chi connectivity index (χ1v) is 8.85. The lowest BCUT2D eigenvalue weighted by molar-refractivity contribution is -0.115. The van der Waals surface area contributed by atoms with E-state index < -0.39 is 17.6 Å². The fourth-order valence-electron chi connectivity index (χ4n) is 1.94. The Bertz CT molecular complexity index is 824. The van der Waals surface area contributed by atoms with Crippen molar-refractivity contribution in [3.63, 3.8) is 0 Å². The van der Waals surface area contributed by atoms with Gasteiger partial charge in [-0.25, -0.2) is 4.79 Å². The van der Waals surface area contributed by atoms with E-state index in [0.29, 0.717) is 16.0 Å². The predicted octanol–water partition coefficient (Wildman–Crippen LogP) is 3.76. The molecule has 0 aliphatic carbocycles. The van der Waals surface area contributed by atoms with Crippen molar-refractivity contribution in [2.75, 3.05) is 17.2 Å². The normalized spacial score (nSPS) is 10.8. The molecule has 0 fully saturated rings. The van der Waals surface area contributed by atoms with Crippen LogP contribution in [0.5, 0.6) is 0 Å². The molecule has 3 amide bonds. The first kappa shape index (κ1) is 20.5. The van der Waals surface area contributed by atoms with Crippen LogP contribution < -0.4 is 16.0 Å². The van der Waals surface area contributed by atoms with Gasteiger partial charge in [0.1, 0.15) is 12.1 Å². The predicted molar refractivity (Wildman–Crippen MR) is 104 cm³/mol. The maximum atomic E-state index is 12.0. The molecule has 27 heavy (non-hydrogen) atoms. The van der Waals surface area contributed by atoms with E-state index in [4.69, 9.17) is 9.15 Å². The van der Waals surface area contributed by atoms with Gasteiger partial charge in [0.2, 0.25) is 5.91 Å². The average Bonchev–Trinajstić information content (AvgIpc) is 3.00. The number of anilines is 2. The van der Waals surface area contributed by atoms with Gasteiger partial charge in [-0.05, 0) is 73.1 Å². The minimum Gasteiger partial charge on any atom is -0.444 e. The smallest absolute Gasteiger partial charge is 0.408 e. The molecule has 3 N–H and O–H groups in total. The Hall–Kier alpha value is -2.81. The molecule has 8 nitrogen and oxygen atoms in total. The number of rotatable bonds is 5. The van der Waals surface area contributed by atoms with Crippen molar-refractivity contribution < 1.29 is 23.5 Å². The van der Waals surface area contributed by atoms with Gasteiger partial charge in [-0.3, -0.25) is 9.59 Å². The first-order valence-electron chi connectivity index (χ1n) is 8.06. The molecule has 0 radical (unpaired) electrons. The van der Waals surface area contributed by atoms with Gasteiger partial charge in [0.15, 0.2) is 10.4 Å². The third-order valence-electron chi connectivity index (χ3n) is 3.02. The van der Waals surface area contributed by atoms with Crippen LogP contribution in [0.4, 0.5) is 16.2 Å². The summed E-state index contributed by atoms with van der Waals surface area (Å²) >= 11 is 3.13. The minimum atomic E-state index is -0.666. The monoisotopic (exact) mass is 437 g/mol. The van der Waals surface area contributed by atoms with Crippen molar-refractivity contribution in [2.24, 2.45) is 0 Å². The number of carbonyl (C=O) groups is 3. The summed E-state index contributed by atoms with van der Waals surface area (Å²) < 4.78 is 10.7. The van der Waals surface area contributed by atoms with E-state index in [-0.39, 0.29) is 18.2 Å². The summed E-state index contributed by atoms with van der Waals surface area (Å²) in [5, 5.41) is 7.68. The Morgan fingerprint density at radius 1 is 1.00 bits per heavy atom. The van der Waals surface area contributed by atoms with Gasteiger partial charge in [0.25, 0.3) is 5.91 Å². The molecule has 9 heteroatoms. The molecule has 1 heterocycles. The molecule has 0 saturated carbocycles. The van der Waals surface area contributed by atoms with Gasteiger partial charge >= 0.3 is 6.09 Å². The molecule has 1 aromatic heterocycles. The third kappa shape index (κ3) is 7.14. The lowest BCUT2D eigenvalue weighted by atomic mass is 10.2. The van der Waals surface area contributed by atoms with Gasteiger partial charge in [0, 0.05) is 11.4 Å². The Balaban J connectivity index is 1.82. The molecule has 0 aliphatic rings. The second-order valence-corrected chi connectivity index (χ2v) is 7.32. The van der Waals surface area contributed by atoms with Gasteiger partial charge < -0.3 is 25.1 Å². The Labute approximate surface area is 164 Å². The van der Waals surface area contributed by atoms with Gasteiger partial charge in [-0.1, -0.05) is 0 Å². The highest BCUT2D eigenvalue weighted by atomic mass is 79.9. The number of nitrogens with one attached hydrogen (secondary N) is 3. The Morgan fingerprint density at radius 2 is 1.59 bits per heavy atom. The number of alkyl carbamates (subject to hydrolysis) is 1. The van der Waals surface area contributed by atoms with Crippen LogP contribution in [0.2, 0.25) is 0 Å². The highest BCUT2D eigenvalue weighted by molar-refractivity contribution is 9.10. The van der Waals surface area contributed by atoms with Crippen molar-refractivity contribution in [1.82, 2.24) is 5.32 Å². The van der Waals surface area contributed by atoms with E-state index in [1.807, 2.05) is 0 Å². The first-order chi connectivity index (χ1) is 12.6. The third-order valence-corrected chi connectivity index (χ3v) is 3.44. The fraction of sp³-hybridized carbons (Fsp3) is 0.278. The number of ether oxygens (including phenoxy) is 1. The zero-order chi connectivity index (χ0) is 20.0. The van der Waals surface area contributed by atoms with Crippen molar-refractivity contribution in [1.29, 1.82) is 0 Å². The largest absolute Gasteiger partial charge is 0.444 e. The second-order valence-electron chi connectivity index (χ2n) is 6.54. The fourth-order valence-corrected chi connectivity index (χ4v) is 2.24. The SMILES string of the molecule is CC(C)(C)OC(=O)NCC(=O)Nc1ccc(NC(=O)c2ccc(Br)o2)cc1. The van der Waals surface area contributed by atoms with Crippen molar-refractivity contribution in [3.05, 3.63) is 46.8 Å². The quantitative estimate of drug-likeness (QED) is 0.659. The molecule has 2 rings (SSSR count). The number of furan rings is 1. The topological polar surface area (TPSA) is 110 Å². The lowest BCUT2D eigenvalue weighted by Crippen LogP contribution is -2.37. The summed E-state index contributed by atoms with van der Waals surface area (Å²) in [7, 11) is 0. The number of amides is 3. The molecule has 0 unspecified atom stereocenters. The molecule has 0 atom stereocenters. The van der Waals surface area contributed by atoms with Gasteiger partial charge in [0.05, 0.1) is 0 Å². The standard InChI is InChI=1S/C18H20BrN3O5/c1-18(2,3)27-17(25)20-10-15(23)21-11-4-6-12(7-5-11)22-16(24)13-8-9-14(19)26-13/h4-9H,10H2,1-3H3,(H,20,25)(H,21,23)(H,22,24). The number of hydrogen-bond acceptors (Lipinski definition) is 5. The van der Waals surface area contributed by atoms with Gasteiger partial charge in [-0.2, -0.15) is 0 Å². The molecular formula is C18H20BrN3O5. The minimum absolute atomic E-state index is 0.174. The molecule has 1 aromatic carbocycles. The molecule has 144 valence electrons. The highest BCUT2D eigenvalue weighted by Crippen LogP contribution is 2.17. The number of hydrogen-bond donors (Lipinski definition) is 3. The summed E-state index contributed by atoms with van der Waals surface area (Å²) in [5.74, 6) is -0.621. The molecule has 2 aromatic rings. The summed E-state index contributed by atoms with van der Waals surface area (Å²) in [4.78, 5) is 35.4. The van der Waals surface area contributed by atoms with Crippen molar-refractivity contribution in [2.45, 2.75) is 26.4 Å².